The molecular formula is C13H18FNO4S. The van der Waals surface area contributed by atoms with Gasteiger partial charge in [0.05, 0.1) is 16.2 Å². The van der Waals surface area contributed by atoms with Gasteiger partial charge in [-0.05, 0) is 39.0 Å². The molecule has 0 atom stereocenters. The topological polar surface area (TPSA) is 72.5 Å². The van der Waals surface area contributed by atoms with Crippen LogP contribution >= 0.6 is 0 Å². The standard InChI is InChI=1S/C13H18FNO4S/c1-13(2,3)19-8-12(16)15-11-7-9(20(4,17)18)5-6-10(11)14/h5-7H,8H2,1-4H3,(H,15,16). The molecule has 0 aliphatic rings. The minimum absolute atomic E-state index is 0.0639. The molecule has 0 unspecified atom stereocenters. The molecule has 0 aliphatic heterocycles. The van der Waals surface area contributed by atoms with Crippen LogP contribution in [0, 0.1) is 5.82 Å². The van der Waals surface area contributed by atoms with Gasteiger partial charge < -0.3 is 10.1 Å². The van der Waals surface area contributed by atoms with Crippen molar-refractivity contribution in [1.29, 1.82) is 0 Å². The molecule has 0 spiro atoms. The number of anilines is 1. The molecule has 20 heavy (non-hydrogen) atoms. The highest BCUT2D eigenvalue weighted by molar-refractivity contribution is 7.90. The summed E-state index contributed by atoms with van der Waals surface area (Å²) < 4.78 is 41.5. The average molecular weight is 303 g/mol. The molecule has 1 aromatic carbocycles. The van der Waals surface area contributed by atoms with E-state index in [-0.39, 0.29) is 17.2 Å². The lowest BCUT2D eigenvalue weighted by Crippen LogP contribution is -2.27. The van der Waals surface area contributed by atoms with E-state index < -0.39 is 27.2 Å². The van der Waals surface area contributed by atoms with Crippen LogP contribution in [0.3, 0.4) is 0 Å². The van der Waals surface area contributed by atoms with Crippen LogP contribution in [-0.2, 0) is 19.4 Å². The first-order chi connectivity index (χ1) is 8.99. The Morgan fingerprint density at radius 2 is 1.95 bits per heavy atom. The van der Waals surface area contributed by atoms with Gasteiger partial charge in [0.15, 0.2) is 9.84 Å². The maximum absolute atomic E-state index is 13.5. The van der Waals surface area contributed by atoms with Gasteiger partial charge in [0, 0.05) is 6.26 Å². The highest BCUT2D eigenvalue weighted by atomic mass is 32.2. The highest BCUT2D eigenvalue weighted by Gasteiger charge is 2.16. The van der Waals surface area contributed by atoms with E-state index in [1.54, 1.807) is 20.8 Å². The zero-order valence-electron chi connectivity index (χ0n) is 11.9. The minimum Gasteiger partial charge on any atom is -0.366 e. The number of nitrogens with one attached hydrogen (secondary N) is 1. The van der Waals surface area contributed by atoms with Gasteiger partial charge in [-0.15, -0.1) is 0 Å². The molecule has 1 aromatic rings. The molecule has 5 nitrogen and oxygen atoms in total. The number of halogens is 1. The Kier molecular flexibility index (Phi) is 4.88. The van der Waals surface area contributed by atoms with Crippen LogP contribution in [0.1, 0.15) is 20.8 Å². The number of hydrogen-bond acceptors (Lipinski definition) is 4. The molecule has 1 amide bonds. The number of hydrogen-bond donors (Lipinski definition) is 1. The number of benzene rings is 1. The monoisotopic (exact) mass is 303 g/mol. The number of amides is 1. The Morgan fingerprint density at radius 3 is 2.45 bits per heavy atom. The normalized spacial score (nSPS) is 12.2. The Hall–Kier alpha value is -1.47. The van der Waals surface area contributed by atoms with Gasteiger partial charge in [-0.1, -0.05) is 0 Å². The van der Waals surface area contributed by atoms with E-state index in [9.17, 15) is 17.6 Å². The van der Waals surface area contributed by atoms with E-state index in [1.807, 2.05) is 0 Å². The van der Waals surface area contributed by atoms with E-state index >= 15 is 0 Å². The zero-order valence-corrected chi connectivity index (χ0v) is 12.7. The van der Waals surface area contributed by atoms with Crippen LogP contribution in [0.4, 0.5) is 10.1 Å². The average Bonchev–Trinajstić information content (AvgIpc) is 2.27. The smallest absolute Gasteiger partial charge is 0.250 e. The number of carbonyl (C=O) groups excluding carboxylic acids is 1. The predicted molar refractivity (Wildman–Crippen MR) is 73.8 cm³/mol. The van der Waals surface area contributed by atoms with Crippen molar-refractivity contribution in [2.45, 2.75) is 31.3 Å². The Morgan fingerprint density at radius 1 is 1.35 bits per heavy atom. The van der Waals surface area contributed by atoms with E-state index in [1.165, 1.54) is 0 Å². The molecule has 1 rings (SSSR count). The van der Waals surface area contributed by atoms with Crippen LogP contribution in [-0.4, -0.2) is 32.8 Å². The molecule has 0 heterocycles. The van der Waals surface area contributed by atoms with E-state index in [2.05, 4.69) is 5.32 Å². The Labute approximate surface area is 118 Å². The van der Waals surface area contributed by atoms with E-state index in [0.717, 1.165) is 24.5 Å². The minimum atomic E-state index is -3.46. The SMILES string of the molecule is CC(C)(C)OCC(=O)Nc1cc(S(C)(=O)=O)ccc1F. The Balaban J connectivity index is 2.85. The fraction of sp³-hybridized carbons (Fsp3) is 0.462. The summed E-state index contributed by atoms with van der Waals surface area (Å²) in [6.07, 6.45) is 1.01. The summed E-state index contributed by atoms with van der Waals surface area (Å²) in [4.78, 5) is 11.6. The van der Waals surface area contributed by atoms with Crippen LogP contribution < -0.4 is 5.32 Å². The third-order valence-corrected chi connectivity index (χ3v) is 3.39. The summed E-state index contributed by atoms with van der Waals surface area (Å²) in [5, 5.41) is 2.29. The van der Waals surface area contributed by atoms with Crippen LogP contribution in [0.25, 0.3) is 0 Å². The fourth-order valence-corrected chi connectivity index (χ4v) is 1.95. The molecule has 0 bridgehead atoms. The number of rotatable bonds is 4. The molecule has 7 heteroatoms. The second-order valence-corrected chi connectivity index (χ2v) is 7.38. The molecular weight excluding hydrogens is 285 g/mol. The molecule has 112 valence electrons. The lowest BCUT2D eigenvalue weighted by Gasteiger charge is -2.19. The summed E-state index contributed by atoms with van der Waals surface area (Å²) in [5.74, 6) is -1.26. The summed E-state index contributed by atoms with van der Waals surface area (Å²) in [6.45, 7) is 5.10. The molecule has 0 aliphatic carbocycles. The third kappa shape index (κ3) is 5.26. The van der Waals surface area contributed by atoms with Crippen LogP contribution in [0.2, 0.25) is 0 Å². The lowest BCUT2D eigenvalue weighted by atomic mass is 10.2. The van der Waals surface area contributed by atoms with Gasteiger partial charge in [0.25, 0.3) is 0 Å². The van der Waals surface area contributed by atoms with Crippen molar-refractivity contribution < 1.29 is 22.3 Å². The zero-order chi connectivity index (χ0) is 15.6. The van der Waals surface area contributed by atoms with Gasteiger partial charge in [-0.25, -0.2) is 12.8 Å². The predicted octanol–water partition coefficient (Wildman–Crippen LogP) is 1.98. The van der Waals surface area contributed by atoms with Crippen LogP contribution in [0.5, 0.6) is 0 Å². The van der Waals surface area contributed by atoms with E-state index in [4.69, 9.17) is 4.74 Å². The van der Waals surface area contributed by atoms with Gasteiger partial charge in [0.1, 0.15) is 12.4 Å². The first-order valence-corrected chi connectivity index (χ1v) is 7.81. The van der Waals surface area contributed by atoms with Crippen molar-refractivity contribution in [3.63, 3.8) is 0 Å². The van der Waals surface area contributed by atoms with Crippen LogP contribution in [0.15, 0.2) is 23.1 Å². The lowest BCUT2D eigenvalue weighted by molar-refractivity contribution is -0.125. The van der Waals surface area contributed by atoms with Crippen molar-refractivity contribution in [2.24, 2.45) is 0 Å². The summed E-state index contributed by atoms with van der Waals surface area (Å²) in [7, 11) is -3.46. The van der Waals surface area contributed by atoms with Gasteiger partial charge >= 0.3 is 0 Å². The van der Waals surface area contributed by atoms with E-state index in [0.29, 0.717) is 0 Å². The second-order valence-electron chi connectivity index (χ2n) is 5.36. The maximum atomic E-state index is 13.5. The third-order valence-electron chi connectivity index (χ3n) is 2.28. The van der Waals surface area contributed by atoms with Crippen molar-refractivity contribution in [1.82, 2.24) is 0 Å². The molecule has 0 fully saturated rings. The molecule has 0 aromatic heterocycles. The summed E-state index contributed by atoms with van der Waals surface area (Å²) in [6, 6.07) is 3.22. The highest BCUT2D eigenvalue weighted by Crippen LogP contribution is 2.19. The number of carbonyl (C=O) groups is 1. The number of sulfone groups is 1. The molecule has 0 saturated carbocycles. The number of ether oxygens (including phenoxy) is 1. The van der Waals surface area contributed by atoms with Crippen molar-refractivity contribution in [3.8, 4) is 0 Å². The summed E-state index contributed by atoms with van der Waals surface area (Å²) >= 11 is 0. The Bertz CT molecular complexity index is 605. The van der Waals surface area contributed by atoms with Crippen molar-refractivity contribution in [3.05, 3.63) is 24.0 Å². The first-order valence-electron chi connectivity index (χ1n) is 5.92. The molecule has 0 saturated heterocycles. The van der Waals surface area contributed by atoms with Gasteiger partial charge in [-0.2, -0.15) is 0 Å². The fourth-order valence-electron chi connectivity index (χ4n) is 1.30. The van der Waals surface area contributed by atoms with Crippen molar-refractivity contribution >= 4 is 21.4 Å². The molecule has 1 N–H and O–H groups in total. The van der Waals surface area contributed by atoms with Gasteiger partial charge in [0.2, 0.25) is 5.91 Å². The quantitative estimate of drug-likeness (QED) is 0.863. The second kappa shape index (κ2) is 5.88. The first kappa shape index (κ1) is 16.6. The molecule has 0 radical (unpaired) electrons. The van der Waals surface area contributed by atoms with Crippen molar-refractivity contribution in [2.75, 3.05) is 18.2 Å². The van der Waals surface area contributed by atoms with Gasteiger partial charge in [-0.3, -0.25) is 4.79 Å². The largest absolute Gasteiger partial charge is 0.366 e. The maximum Gasteiger partial charge on any atom is 0.250 e. The summed E-state index contributed by atoms with van der Waals surface area (Å²) in [5.41, 5.74) is -0.680.